The van der Waals surface area contributed by atoms with Crippen molar-refractivity contribution in [1.29, 1.82) is 0 Å². The second-order valence-corrected chi connectivity index (χ2v) is 6.75. The van der Waals surface area contributed by atoms with E-state index >= 15 is 0 Å². The van der Waals surface area contributed by atoms with E-state index in [1.54, 1.807) is 11.8 Å². The molecule has 3 rings (SSSR count). The first-order valence-electron chi connectivity index (χ1n) is 8.37. The second-order valence-electron chi connectivity index (χ2n) is 6.75. The molecule has 0 spiro atoms. The fraction of sp³-hybridized carbons (Fsp3) is 0.750. The monoisotopic (exact) mass is 345 g/mol. The van der Waals surface area contributed by atoms with Gasteiger partial charge >= 0.3 is 6.18 Å². The van der Waals surface area contributed by atoms with Crippen molar-refractivity contribution in [3.05, 3.63) is 17.5 Å². The Kier molecular flexibility index (Phi) is 4.85. The van der Waals surface area contributed by atoms with Gasteiger partial charge in [-0.1, -0.05) is 0 Å². The van der Waals surface area contributed by atoms with E-state index in [9.17, 15) is 18.0 Å². The highest BCUT2D eigenvalue weighted by molar-refractivity contribution is 5.80. The van der Waals surface area contributed by atoms with Crippen molar-refractivity contribution >= 4 is 5.91 Å². The predicted molar refractivity (Wildman–Crippen MR) is 80.3 cm³/mol. The van der Waals surface area contributed by atoms with Crippen LogP contribution in [0.4, 0.5) is 13.2 Å². The van der Waals surface area contributed by atoms with E-state index in [-0.39, 0.29) is 11.8 Å². The van der Waals surface area contributed by atoms with Crippen LogP contribution >= 0.6 is 0 Å². The molecule has 134 valence electrons. The Bertz CT molecular complexity index is 583. The zero-order valence-corrected chi connectivity index (χ0v) is 13.6. The van der Waals surface area contributed by atoms with Crippen molar-refractivity contribution in [2.45, 2.75) is 50.8 Å². The Balaban J connectivity index is 1.58. The number of likely N-dealkylation sites (tertiary alicyclic amines) is 1. The summed E-state index contributed by atoms with van der Waals surface area (Å²) in [5.41, 5.74) is -0.478. The molecule has 1 aromatic heterocycles. The van der Waals surface area contributed by atoms with Gasteiger partial charge in [-0.2, -0.15) is 18.3 Å². The van der Waals surface area contributed by atoms with Gasteiger partial charge in [-0.15, -0.1) is 0 Å². The third kappa shape index (κ3) is 4.09. The average molecular weight is 345 g/mol. The highest BCUT2D eigenvalue weighted by Crippen LogP contribution is 2.32. The number of aromatic amines is 1. The fourth-order valence-electron chi connectivity index (χ4n) is 3.02. The number of halogens is 3. The SMILES string of the molecule is C[C@H](OCC1CC1)C(=O)N1CCC[C@H](c2cc(C(F)(F)F)n[nH]2)C1. The molecule has 1 N–H and O–H groups in total. The molecule has 0 bridgehead atoms. The number of nitrogens with one attached hydrogen (secondary N) is 1. The van der Waals surface area contributed by atoms with Crippen LogP contribution in [0, 0.1) is 5.92 Å². The number of nitrogens with zero attached hydrogens (tertiary/aromatic N) is 2. The Morgan fingerprint density at radius 1 is 1.46 bits per heavy atom. The van der Waals surface area contributed by atoms with E-state index in [2.05, 4.69) is 10.2 Å². The van der Waals surface area contributed by atoms with Crippen molar-refractivity contribution in [1.82, 2.24) is 15.1 Å². The highest BCUT2D eigenvalue weighted by atomic mass is 19.4. The first-order valence-corrected chi connectivity index (χ1v) is 8.37. The molecule has 1 aliphatic carbocycles. The lowest BCUT2D eigenvalue weighted by Gasteiger charge is -2.33. The topological polar surface area (TPSA) is 58.2 Å². The molecule has 2 heterocycles. The number of amides is 1. The van der Waals surface area contributed by atoms with Crippen LogP contribution in [0.15, 0.2) is 6.07 Å². The van der Waals surface area contributed by atoms with Crippen LogP contribution in [0.3, 0.4) is 0 Å². The van der Waals surface area contributed by atoms with E-state index in [1.807, 2.05) is 0 Å². The quantitative estimate of drug-likeness (QED) is 0.893. The Labute approximate surface area is 138 Å². The van der Waals surface area contributed by atoms with Gasteiger partial charge in [-0.05, 0) is 44.6 Å². The number of rotatable bonds is 5. The molecular formula is C16H22F3N3O2. The molecule has 1 amide bonds. The number of carbonyl (C=O) groups is 1. The predicted octanol–water partition coefficient (Wildman–Crippen LogP) is 2.95. The molecule has 1 aliphatic heterocycles. The van der Waals surface area contributed by atoms with E-state index in [1.165, 1.54) is 0 Å². The summed E-state index contributed by atoms with van der Waals surface area (Å²) in [6.45, 7) is 3.37. The summed E-state index contributed by atoms with van der Waals surface area (Å²) in [6, 6.07) is 1.05. The summed E-state index contributed by atoms with van der Waals surface area (Å²) >= 11 is 0. The molecule has 0 unspecified atom stereocenters. The van der Waals surface area contributed by atoms with Crippen molar-refractivity contribution in [3.63, 3.8) is 0 Å². The summed E-state index contributed by atoms with van der Waals surface area (Å²) < 4.78 is 43.6. The number of hydrogen-bond donors (Lipinski definition) is 1. The van der Waals surface area contributed by atoms with Crippen molar-refractivity contribution in [2.24, 2.45) is 5.92 Å². The number of ether oxygens (including phenoxy) is 1. The van der Waals surface area contributed by atoms with Gasteiger partial charge in [-0.3, -0.25) is 9.89 Å². The molecule has 2 atom stereocenters. The Morgan fingerprint density at radius 2 is 2.21 bits per heavy atom. The van der Waals surface area contributed by atoms with Gasteiger partial charge in [0.15, 0.2) is 5.69 Å². The Morgan fingerprint density at radius 3 is 2.83 bits per heavy atom. The normalized spacial score (nSPS) is 23.3. The molecule has 0 aromatic carbocycles. The van der Waals surface area contributed by atoms with E-state index < -0.39 is 18.0 Å². The first kappa shape index (κ1) is 17.3. The molecule has 1 saturated heterocycles. The summed E-state index contributed by atoms with van der Waals surface area (Å²) in [7, 11) is 0. The van der Waals surface area contributed by atoms with Gasteiger partial charge < -0.3 is 9.64 Å². The Hall–Kier alpha value is -1.57. The number of piperidine rings is 1. The van der Waals surface area contributed by atoms with Crippen LogP contribution in [0.2, 0.25) is 0 Å². The summed E-state index contributed by atoms with van der Waals surface area (Å²) in [5.74, 6) is 0.345. The van der Waals surface area contributed by atoms with Gasteiger partial charge in [0, 0.05) is 24.7 Å². The minimum atomic E-state index is -4.45. The lowest BCUT2D eigenvalue weighted by molar-refractivity contribution is -0.144. The first-order chi connectivity index (χ1) is 11.3. The number of carbonyl (C=O) groups excluding carboxylic acids is 1. The molecule has 24 heavy (non-hydrogen) atoms. The van der Waals surface area contributed by atoms with Crippen molar-refractivity contribution in [2.75, 3.05) is 19.7 Å². The van der Waals surface area contributed by atoms with Gasteiger partial charge in [0.1, 0.15) is 6.10 Å². The summed E-state index contributed by atoms with van der Waals surface area (Å²) in [5, 5.41) is 5.83. The zero-order valence-electron chi connectivity index (χ0n) is 13.6. The third-order valence-corrected chi connectivity index (χ3v) is 4.69. The average Bonchev–Trinajstić information content (AvgIpc) is 3.23. The third-order valence-electron chi connectivity index (χ3n) is 4.69. The molecule has 1 aromatic rings. The maximum atomic E-state index is 12.7. The van der Waals surface area contributed by atoms with Gasteiger partial charge in [0.05, 0.1) is 6.61 Å². The number of H-pyrrole nitrogens is 1. The van der Waals surface area contributed by atoms with Crippen molar-refractivity contribution in [3.8, 4) is 0 Å². The zero-order chi connectivity index (χ0) is 17.3. The lowest BCUT2D eigenvalue weighted by Crippen LogP contribution is -2.44. The largest absolute Gasteiger partial charge is 0.435 e. The maximum Gasteiger partial charge on any atom is 0.435 e. The molecule has 1 saturated carbocycles. The molecule has 8 heteroatoms. The minimum Gasteiger partial charge on any atom is -0.368 e. The number of alkyl halides is 3. The standard InChI is InChI=1S/C16H22F3N3O2/c1-10(24-9-11-4-5-11)15(23)22-6-2-3-12(8-22)13-7-14(21-20-13)16(17,18)19/h7,10-12H,2-6,8-9H2,1H3,(H,20,21)/t10-,12-/m0/s1. The van der Waals surface area contributed by atoms with Gasteiger partial charge in [0.2, 0.25) is 0 Å². The van der Waals surface area contributed by atoms with Gasteiger partial charge in [-0.25, -0.2) is 0 Å². The molecule has 0 radical (unpaired) electrons. The van der Waals surface area contributed by atoms with Crippen molar-refractivity contribution < 1.29 is 22.7 Å². The smallest absolute Gasteiger partial charge is 0.368 e. The molecule has 2 fully saturated rings. The number of hydrogen-bond acceptors (Lipinski definition) is 3. The van der Waals surface area contributed by atoms with Gasteiger partial charge in [0.25, 0.3) is 5.91 Å². The van der Waals surface area contributed by atoms with Crippen LogP contribution in [0.25, 0.3) is 0 Å². The summed E-state index contributed by atoms with van der Waals surface area (Å²) in [4.78, 5) is 14.2. The summed E-state index contributed by atoms with van der Waals surface area (Å²) in [6.07, 6.45) is -1.14. The van der Waals surface area contributed by atoms with Crippen LogP contribution in [0.1, 0.15) is 49.9 Å². The van der Waals surface area contributed by atoms with Crippen LogP contribution in [0.5, 0.6) is 0 Å². The second kappa shape index (κ2) is 6.74. The number of aromatic nitrogens is 2. The minimum absolute atomic E-state index is 0.0871. The maximum absolute atomic E-state index is 12.7. The molecule has 2 aliphatic rings. The van der Waals surface area contributed by atoms with E-state index in [4.69, 9.17) is 4.74 Å². The van der Waals surface area contributed by atoms with Crippen LogP contribution < -0.4 is 0 Å². The highest BCUT2D eigenvalue weighted by Gasteiger charge is 2.36. The fourth-order valence-corrected chi connectivity index (χ4v) is 3.02. The molecule has 5 nitrogen and oxygen atoms in total. The molecular weight excluding hydrogens is 323 g/mol. The lowest BCUT2D eigenvalue weighted by atomic mass is 9.94. The van der Waals surface area contributed by atoms with E-state index in [0.29, 0.717) is 31.3 Å². The van der Waals surface area contributed by atoms with E-state index in [0.717, 1.165) is 31.7 Å². The van der Waals surface area contributed by atoms with Crippen LogP contribution in [-0.2, 0) is 15.7 Å². The van der Waals surface area contributed by atoms with Crippen LogP contribution in [-0.4, -0.2) is 46.8 Å².